The first kappa shape index (κ1) is 57.9. The van der Waals surface area contributed by atoms with Gasteiger partial charge in [-0.1, -0.05) is 70.1 Å². The molecule has 16 aromatic rings. The van der Waals surface area contributed by atoms with Crippen LogP contribution in [0.1, 0.15) is 63.1 Å². The van der Waals surface area contributed by atoms with Gasteiger partial charge >= 0.3 is 0 Å². The van der Waals surface area contributed by atoms with E-state index < -0.39 is 0 Å². The average Bonchev–Trinajstić information content (AvgIpc) is 2.50. The molecular weight excluding hydrogens is 1800 g/mol. The number of hydrogen-bond acceptors (Lipinski definition) is 7. The van der Waals surface area contributed by atoms with Gasteiger partial charge in [0.15, 0.2) is 0 Å². The standard InChI is InChI=1S/C19H15N2.C17H12N3.2C17H11N2S.4Ir/c1-12-17-11-5-7-13-6-4-10-15-14-8-2-3-9-16(14)19(20-12)21(17)18(13)15;1-10-15-7-6-14-16-12(8-9-18-14)11-4-2-3-5-13(11)17(19-10)20(15)16;1-10-17-19-15-11(9-20-17)5-4-8-13(15)12-6-2-3-7-14(12)16(19)18-10;1-10-14-9-20-15-8-4-7-12-11-5-2-3-6-13(11)17(18-10)19(14)16(12)15;;;;/h2-4,6,8,10H,5,7,11H2,1H3;2-4,8-9H,6-7H2,1H3;2-6,8H,9H2,1H3;2-5,7-8H,9H2,1H3;;;;/q4*-1;;;;. The van der Waals surface area contributed by atoms with Crippen molar-refractivity contribution >= 4 is 133 Å². The molecule has 7 aromatic carbocycles. The smallest absolute Gasteiger partial charge is 0.0935 e. The molecule has 4 aliphatic heterocycles. The van der Waals surface area contributed by atoms with Crippen molar-refractivity contribution < 1.29 is 80.4 Å². The van der Waals surface area contributed by atoms with Gasteiger partial charge in [-0.2, -0.15) is 0 Å². The predicted molar refractivity (Wildman–Crippen MR) is 331 cm³/mol. The zero-order valence-corrected chi connectivity index (χ0v) is 57.6. The minimum atomic E-state index is 0. The van der Waals surface area contributed by atoms with Crippen LogP contribution in [0.2, 0.25) is 0 Å². The second-order valence-electron chi connectivity index (χ2n) is 21.8. The number of aryl methyl sites for hydroxylation is 8. The molecule has 9 nitrogen and oxygen atoms in total. The normalized spacial score (nSPS) is 13.3. The van der Waals surface area contributed by atoms with E-state index in [9.17, 15) is 0 Å². The molecule has 0 N–H and O–H groups in total. The summed E-state index contributed by atoms with van der Waals surface area (Å²) in [5, 5.41) is 15.9. The van der Waals surface area contributed by atoms with Gasteiger partial charge in [0, 0.05) is 148 Å². The van der Waals surface area contributed by atoms with E-state index in [4.69, 9.17) is 19.9 Å². The quantitative estimate of drug-likeness (QED) is 0.110. The Bertz CT molecular complexity index is 5030. The first-order valence-corrected chi connectivity index (χ1v) is 29.9. The monoisotopic (exact) mass is 1850 g/mol. The molecule has 426 valence electrons. The summed E-state index contributed by atoms with van der Waals surface area (Å²) in [4.78, 5) is 25.2. The van der Waals surface area contributed by atoms with Crippen molar-refractivity contribution in [3.05, 3.63) is 221 Å². The summed E-state index contributed by atoms with van der Waals surface area (Å²) in [6.45, 7) is 8.45. The minimum Gasteiger partial charge on any atom is -0.337 e. The number of para-hydroxylation sites is 3. The third-order valence-corrected chi connectivity index (χ3v) is 19.6. The number of fused-ring (bicyclic) bond motifs is 12. The Balaban J connectivity index is 0.000000104. The van der Waals surface area contributed by atoms with Gasteiger partial charge in [-0.3, -0.25) is 24.9 Å². The molecule has 0 unspecified atom stereocenters. The van der Waals surface area contributed by atoms with Crippen molar-refractivity contribution in [2.24, 2.45) is 0 Å². The number of nitrogens with zero attached hydrogens (tertiary/aromatic N) is 9. The van der Waals surface area contributed by atoms with Crippen molar-refractivity contribution in [1.82, 2.24) is 42.5 Å². The van der Waals surface area contributed by atoms with Crippen LogP contribution in [0.5, 0.6) is 0 Å². The van der Waals surface area contributed by atoms with Crippen LogP contribution in [0.25, 0.3) is 109 Å². The molecule has 15 heteroatoms. The number of thioether (sulfide) groups is 2. The summed E-state index contributed by atoms with van der Waals surface area (Å²) in [6.07, 6.45) is 7.39. The topological polar surface area (TPSA) is 82.1 Å². The summed E-state index contributed by atoms with van der Waals surface area (Å²) >= 11 is 3.79. The van der Waals surface area contributed by atoms with Gasteiger partial charge in [0.1, 0.15) is 0 Å². The third-order valence-electron chi connectivity index (χ3n) is 17.3. The van der Waals surface area contributed by atoms with Gasteiger partial charge in [0.05, 0.1) is 50.0 Å². The van der Waals surface area contributed by atoms with Crippen LogP contribution >= 0.6 is 23.5 Å². The number of imidazole rings is 4. The molecule has 0 fully saturated rings. The Labute approximate surface area is 552 Å². The van der Waals surface area contributed by atoms with E-state index in [1.807, 2.05) is 60.1 Å². The van der Waals surface area contributed by atoms with E-state index in [2.05, 4.69) is 178 Å². The molecule has 4 radical (unpaired) electrons. The molecule has 0 atom stereocenters. The fourth-order valence-corrected chi connectivity index (χ4v) is 16.0. The Hall–Kier alpha value is -6.17. The van der Waals surface area contributed by atoms with Gasteiger partial charge in [0.25, 0.3) is 0 Å². The second-order valence-corrected chi connectivity index (χ2v) is 23.8. The number of rotatable bonds is 0. The Morgan fingerprint density at radius 1 is 0.376 bits per heavy atom. The Morgan fingerprint density at radius 2 is 0.824 bits per heavy atom. The van der Waals surface area contributed by atoms with Crippen LogP contribution in [0.15, 0.2) is 150 Å². The van der Waals surface area contributed by atoms with Gasteiger partial charge in [-0.25, -0.2) is 0 Å². The van der Waals surface area contributed by atoms with E-state index in [0.29, 0.717) is 0 Å². The molecule has 4 aliphatic rings. The molecule has 0 saturated carbocycles. The molecule has 0 spiro atoms. The number of pyridine rings is 5. The summed E-state index contributed by atoms with van der Waals surface area (Å²) in [5.41, 5.74) is 22.0. The molecule has 20 rings (SSSR count). The predicted octanol–water partition coefficient (Wildman–Crippen LogP) is 16.2. The molecule has 13 heterocycles. The van der Waals surface area contributed by atoms with Crippen LogP contribution in [-0.4, -0.2) is 42.5 Å². The number of hydrogen-bond donors (Lipinski definition) is 0. The van der Waals surface area contributed by atoms with Gasteiger partial charge in [-0.05, 0) is 105 Å². The zero-order valence-electron chi connectivity index (χ0n) is 46.4. The maximum absolute atomic E-state index is 4.87. The van der Waals surface area contributed by atoms with E-state index in [0.717, 1.165) is 104 Å². The Kier molecular flexibility index (Phi) is 15.3. The van der Waals surface area contributed by atoms with Crippen LogP contribution in [0, 0.1) is 52.0 Å². The molecule has 85 heavy (non-hydrogen) atoms. The van der Waals surface area contributed by atoms with Crippen LogP contribution in [0.3, 0.4) is 0 Å². The fraction of sp³-hybridized carbons (Fsp3) is 0.157. The second kappa shape index (κ2) is 22.5. The maximum Gasteiger partial charge on any atom is 0.0935 e. The van der Waals surface area contributed by atoms with Crippen molar-refractivity contribution in [3.8, 4) is 0 Å². The summed E-state index contributed by atoms with van der Waals surface area (Å²) in [5.74, 6) is 2.03. The van der Waals surface area contributed by atoms with E-state index in [-0.39, 0.29) is 80.4 Å². The maximum atomic E-state index is 4.87. The number of benzene rings is 7. The van der Waals surface area contributed by atoms with Crippen molar-refractivity contribution in [3.63, 3.8) is 0 Å². The molecule has 9 aromatic heterocycles. The van der Waals surface area contributed by atoms with Crippen molar-refractivity contribution in [2.75, 3.05) is 0 Å². The van der Waals surface area contributed by atoms with Crippen molar-refractivity contribution in [2.45, 2.75) is 81.2 Å². The SMILES string of the molecule is Cc1nc2c3[c-]cccc3c3cccc4c3n2c1CCC4.Cc1nc2c3[c-]cccc3c3cccc4c3n2c1CS4.Cc1nc2c3[c-]cccc3c3cccc4c3n2c1SC4.Cc1nc2c3[c-]cccc3c3ccnc4c3n2c1CC4.[Ir].[Ir].[Ir].[Ir]. The van der Waals surface area contributed by atoms with Gasteiger partial charge in [0.2, 0.25) is 0 Å². The minimum absolute atomic E-state index is 0. The van der Waals surface area contributed by atoms with Crippen LogP contribution < -0.4 is 0 Å². The van der Waals surface area contributed by atoms with Gasteiger partial charge in [-0.15, -0.1) is 142 Å². The average molecular weight is 1850 g/mol. The fourth-order valence-electron chi connectivity index (χ4n) is 13.8. The molecule has 0 aliphatic carbocycles. The Morgan fingerprint density at radius 3 is 1.41 bits per heavy atom. The van der Waals surface area contributed by atoms with Gasteiger partial charge < -0.3 is 17.6 Å². The third kappa shape index (κ3) is 8.70. The summed E-state index contributed by atoms with van der Waals surface area (Å²) in [6, 6.07) is 60.3. The van der Waals surface area contributed by atoms with E-state index >= 15 is 0 Å². The first-order valence-electron chi connectivity index (χ1n) is 27.9. The molecular formula is C70H49Ir4N9S2-4. The van der Waals surface area contributed by atoms with Crippen molar-refractivity contribution in [1.29, 1.82) is 0 Å². The number of aromatic nitrogens is 9. The zero-order chi connectivity index (χ0) is 53.8. The summed E-state index contributed by atoms with van der Waals surface area (Å²) < 4.78 is 9.36. The van der Waals surface area contributed by atoms with E-state index in [1.54, 1.807) is 0 Å². The first-order chi connectivity index (χ1) is 39.9. The van der Waals surface area contributed by atoms with Crippen LogP contribution in [-0.2, 0) is 118 Å². The summed E-state index contributed by atoms with van der Waals surface area (Å²) in [7, 11) is 0. The van der Waals surface area contributed by atoms with E-state index in [1.165, 1.54) is 115 Å². The molecule has 0 saturated heterocycles. The largest absolute Gasteiger partial charge is 0.337 e. The van der Waals surface area contributed by atoms with Crippen LogP contribution in [0.4, 0.5) is 0 Å². The molecule has 0 bridgehead atoms. The molecule has 0 amide bonds.